The van der Waals surface area contributed by atoms with Crippen molar-refractivity contribution in [3.63, 3.8) is 0 Å². The molecular weight excluding hydrogens is 214 g/mol. The van der Waals surface area contributed by atoms with E-state index in [0.29, 0.717) is 6.42 Å². The fraction of sp³-hybridized carbons (Fsp3) is 0.500. The second kappa shape index (κ2) is 6.28. The van der Waals surface area contributed by atoms with Crippen molar-refractivity contribution in [2.75, 3.05) is 7.11 Å². The average Bonchev–Trinajstić information content (AvgIpc) is 2.29. The number of nitrogens with one attached hydrogen (secondary N) is 1. The minimum atomic E-state index is -0.0242. The molecule has 17 heavy (non-hydrogen) atoms. The van der Waals surface area contributed by atoms with Crippen molar-refractivity contribution >= 4 is 5.91 Å². The first-order valence-corrected chi connectivity index (χ1v) is 6.02. The lowest BCUT2D eigenvalue weighted by molar-refractivity contribution is -0.121. The Morgan fingerprint density at radius 3 is 2.76 bits per heavy atom. The fourth-order valence-electron chi connectivity index (χ4n) is 1.81. The molecule has 1 unspecified atom stereocenters. The molecule has 0 radical (unpaired) electrons. The van der Waals surface area contributed by atoms with Crippen molar-refractivity contribution in [1.29, 1.82) is 0 Å². The Balaban J connectivity index is 2.83. The Kier molecular flexibility index (Phi) is 5.01. The van der Waals surface area contributed by atoms with Gasteiger partial charge in [-0.2, -0.15) is 0 Å². The molecule has 0 saturated heterocycles. The maximum absolute atomic E-state index is 11.6. The van der Waals surface area contributed by atoms with Gasteiger partial charge in [-0.3, -0.25) is 4.79 Å². The number of rotatable bonds is 5. The Morgan fingerprint density at radius 2 is 2.18 bits per heavy atom. The normalized spacial score (nSPS) is 12.0. The van der Waals surface area contributed by atoms with E-state index >= 15 is 0 Å². The number of carbonyl (C=O) groups is 1. The molecule has 0 heterocycles. The third kappa shape index (κ3) is 3.77. The van der Waals surface area contributed by atoms with E-state index in [1.165, 1.54) is 0 Å². The zero-order valence-electron chi connectivity index (χ0n) is 11.0. The van der Waals surface area contributed by atoms with E-state index in [9.17, 15) is 4.79 Å². The van der Waals surface area contributed by atoms with Crippen molar-refractivity contribution in [3.8, 4) is 5.75 Å². The smallest absolute Gasteiger partial charge is 0.220 e. The number of hydrogen-bond donors (Lipinski definition) is 1. The molecule has 0 spiro atoms. The van der Waals surface area contributed by atoms with E-state index < -0.39 is 0 Å². The molecule has 1 N–H and O–H groups in total. The highest BCUT2D eigenvalue weighted by Crippen LogP contribution is 2.26. The minimum absolute atomic E-state index is 0.0242. The molecule has 1 amide bonds. The predicted molar refractivity (Wildman–Crippen MR) is 69.2 cm³/mol. The second-order valence-electron chi connectivity index (χ2n) is 4.28. The Bertz CT molecular complexity index is 388. The van der Waals surface area contributed by atoms with Crippen LogP contribution in [0.3, 0.4) is 0 Å². The van der Waals surface area contributed by atoms with Gasteiger partial charge in [-0.05, 0) is 26.3 Å². The van der Waals surface area contributed by atoms with Crippen LogP contribution in [0, 0.1) is 6.92 Å². The minimum Gasteiger partial charge on any atom is -0.496 e. The van der Waals surface area contributed by atoms with Crippen molar-refractivity contribution < 1.29 is 9.53 Å². The molecule has 1 aromatic carbocycles. The Labute approximate surface area is 103 Å². The largest absolute Gasteiger partial charge is 0.496 e. The summed E-state index contributed by atoms with van der Waals surface area (Å²) in [6, 6.07) is 5.97. The van der Waals surface area contributed by atoms with Crippen molar-refractivity contribution in [1.82, 2.24) is 5.32 Å². The molecule has 0 aromatic heterocycles. The molecule has 0 fully saturated rings. The SMILES string of the molecule is CCCC(=O)NC(C)c1cc(C)ccc1OC. The first-order valence-electron chi connectivity index (χ1n) is 6.02. The van der Waals surface area contributed by atoms with Gasteiger partial charge in [0.1, 0.15) is 5.75 Å². The number of benzene rings is 1. The molecule has 0 aliphatic heterocycles. The molecule has 0 saturated carbocycles. The van der Waals surface area contributed by atoms with Crippen LogP contribution in [0.15, 0.2) is 18.2 Å². The van der Waals surface area contributed by atoms with E-state index in [1.54, 1.807) is 7.11 Å². The molecule has 0 bridgehead atoms. The highest BCUT2D eigenvalue weighted by molar-refractivity contribution is 5.76. The lowest BCUT2D eigenvalue weighted by Gasteiger charge is -2.17. The molecular formula is C14H21NO2. The highest BCUT2D eigenvalue weighted by atomic mass is 16.5. The summed E-state index contributed by atoms with van der Waals surface area (Å²) in [7, 11) is 1.65. The average molecular weight is 235 g/mol. The third-order valence-corrected chi connectivity index (χ3v) is 2.71. The van der Waals surface area contributed by atoms with Crippen molar-refractivity contribution in [3.05, 3.63) is 29.3 Å². The maximum Gasteiger partial charge on any atom is 0.220 e. The van der Waals surface area contributed by atoms with Crippen molar-refractivity contribution in [2.45, 2.75) is 39.7 Å². The van der Waals surface area contributed by atoms with Gasteiger partial charge in [-0.1, -0.05) is 24.6 Å². The number of amides is 1. The Hall–Kier alpha value is -1.51. The number of hydrogen-bond acceptors (Lipinski definition) is 2. The van der Waals surface area contributed by atoms with Gasteiger partial charge in [0, 0.05) is 12.0 Å². The van der Waals surface area contributed by atoms with Gasteiger partial charge in [0.05, 0.1) is 13.2 Å². The fourth-order valence-corrected chi connectivity index (χ4v) is 1.81. The number of aryl methyl sites for hydroxylation is 1. The summed E-state index contributed by atoms with van der Waals surface area (Å²) in [5.74, 6) is 0.906. The standard InChI is InChI=1S/C14H21NO2/c1-5-6-14(16)15-11(3)12-9-10(2)7-8-13(12)17-4/h7-9,11H,5-6H2,1-4H3,(H,15,16). The quantitative estimate of drug-likeness (QED) is 0.852. The van der Waals surface area contributed by atoms with E-state index in [2.05, 4.69) is 11.4 Å². The number of methoxy groups -OCH3 is 1. The summed E-state index contributed by atoms with van der Waals surface area (Å²) in [5, 5.41) is 2.98. The molecule has 94 valence electrons. The number of carbonyl (C=O) groups excluding carboxylic acids is 1. The topological polar surface area (TPSA) is 38.3 Å². The first-order chi connectivity index (χ1) is 8.08. The van der Waals surface area contributed by atoms with Crippen LogP contribution < -0.4 is 10.1 Å². The van der Waals surface area contributed by atoms with E-state index in [1.807, 2.05) is 32.9 Å². The van der Waals surface area contributed by atoms with Crippen LogP contribution in [-0.4, -0.2) is 13.0 Å². The number of ether oxygens (including phenoxy) is 1. The monoisotopic (exact) mass is 235 g/mol. The summed E-state index contributed by atoms with van der Waals surface area (Å²) in [6.45, 7) is 6.01. The summed E-state index contributed by atoms with van der Waals surface area (Å²) in [6.07, 6.45) is 1.43. The van der Waals surface area contributed by atoms with Gasteiger partial charge in [0.25, 0.3) is 0 Å². The second-order valence-corrected chi connectivity index (χ2v) is 4.28. The predicted octanol–water partition coefficient (Wildman–Crippen LogP) is 2.98. The van der Waals surface area contributed by atoms with Crippen LogP contribution in [-0.2, 0) is 4.79 Å². The molecule has 3 nitrogen and oxygen atoms in total. The van der Waals surface area contributed by atoms with Gasteiger partial charge in [0.2, 0.25) is 5.91 Å². The van der Waals surface area contributed by atoms with E-state index in [-0.39, 0.29) is 11.9 Å². The van der Waals surface area contributed by atoms with Crippen LogP contribution in [0.4, 0.5) is 0 Å². The molecule has 1 atom stereocenters. The van der Waals surface area contributed by atoms with Crippen LogP contribution in [0.25, 0.3) is 0 Å². The van der Waals surface area contributed by atoms with Crippen LogP contribution in [0.1, 0.15) is 43.9 Å². The van der Waals surface area contributed by atoms with Crippen LogP contribution in [0.5, 0.6) is 5.75 Å². The van der Waals surface area contributed by atoms with Gasteiger partial charge < -0.3 is 10.1 Å². The lowest BCUT2D eigenvalue weighted by atomic mass is 10.0. The summed E-state index contributed by atoms with van der Waals surface area (Å²) in [4.78, 5) is 11.6. The summed E-state index contributed by atoms with van der Waals surface area (Å²) < 4.78 is 5.31. The van der Waals surface area contributed by atoms with Crippen molar-refractivity contribution in [2.24, 2.45) is 0 Å². The highest BCUT2D eigenvalue weighted by Gasteiger charge is 2.13. The van der Waals surface area contributed by atoms with Gasteiger partial charge in [-0.25, -0.2) is 0 Å². The van der Waals surface area contributed by atoms with Crippen LogP contribution in [0.2, 0.25) is 0 Å². The lowest BCUT2D eigenvalue weighted by Crippen LogP contribution is -2.26. The third-order valence-electron chi connectivity index (χ3n) is 2.71. The van der Waals surface area contributed by atoms with E-state index in [0.717, 1.165) is 23.3 Å². The van der Waals surface area contributed by atoms with Gasteiger partial charge in [-0.15, -0.1) is 0 Å². The molecule has 0 aliphatic rings. The molecule has 0 aliphatic carbocycles. The van der Waals surface area contributed by atoms with Crippen LogP contribution >= 0.6 is 0 Å². The first kappa shape index (κ1) is 13.6. The zero-order valence-corrected chi connectivity index (χ0v) is 11.0. The molecule has 1 rings (SSSR count). The zero-order chi connectivity index (χ0) is 12.8. The summed E-state index contributed by atoms with van der Waals surface area (Å²) in [5.41, 5.74) is 2.19. The Morgan fingerprint density at radius 1 is 1.47 bits per heavy atom. The van der Waals surface area contributed by atoms with E-state index in [4.69, 9.17) is 4.74 Å². The molecule has 1 aromatic rings. The van der Waals surface area contributed by atoms with Gasteiger partial charge in [0.15, 0.2) is 0 Å². The maximum atomic E-state index is 11.6. The molecule has 3 heteroatoms. The van der Waals surface area contributed by atoms with Gasteiger partial charge >= 0.3 is 0 Å². The summed E-state index contributed by atoms with van der Waals surface area (Å²) >= 11 is 0.